The third-order valence-corrected chi connectivity index (χ3v) is 4.27. The Hall–Kier alpha value is -1.45. The largest absolute Gasteiger partial charge is 0.356 e. The average Bonchev–Trinajstić information content (AvgIpc) is 3.10. The minimum atomic E-state index is -0.447. The lowest BCUT2D eigenvalue weighted by atomic mass is 9.85. The Morgan fingerprint density at radius 3 is 2.79 bits per heavy atom. The van der Waals surface area contributed by atoms with Gasteiger partial charge < -0.3 is 5.32 Å². The molecule has 19 heavy (non-hydrogen) atoms. The van der Waals surface area contributed by atoms with E-state index in [0.29, 0.717) is 17.9 Å². The van der Waals surface area contributed by atoms with Crippen LogP contribution in [0.1, 0.15) is 37.2 Å². The standard InChI is InChI=1S/C15H17F2NO/c16-10-4-5-14(17)12(6-10)11-7-13(11)15(19)18-8-9-2-1-3-9/h4-6,9,11,13H,1-3,7-8H2,(H,18,19)/t11-,13+/m0/s1. The molecule has 2 aliphatic carbocycles. The van der Waals surface area contributed by atoms with Crippen molar-refractivity contribution in [1.29, 1.82) is 0 Å². The summed E-state index contributed by atoms with van der Waals surface area (Å²) < 4.78 is 26.7. The maximum atomic E-state index is 13.6. The summed E-state index contributed by atoms with van der Waals surface area (Å²) in [5.41, 5.74) is 0.337. The minimum Gasteiger partial charge on any atom is -0.356 e. The van der Waals surface area contributed by atoms with Crippen molar-refractivity contribution in [3.05, 3.63) is 35.4 Å². The zero-order chi connectivity index (χ0) is 13.4. The molecule has 2 fully saturated rings. The van der Waals surface area contributed by atoms with Crippen LogP contribution in [0.4, 0.5) is 8.78 Å². The molecule has 1 aromatic rings. The molecule has 0 radical (unpaired) electrons. The van der Waals surface area contributed by atoms with Crippen molar-refractivity contribution in [2.75, 3.05) is 6.54 Å². The lowest BCUT2D eigenvalue weighted by Gasteiger charge is -2.25. The number of carbonyl (C=O) groups is 1. The molecule has 0 bridgehead atoms. The second-order valence-corrected chi connectivity index (χ2v) is 5.66. The molecule has 1 aromatic carbocycles. The first-order valence-corrected chi connectivity index (χ1v) is 6.88. The summed E-state index contributed by atoms with van der Waals surface area (Å²) in [5.74, 6) is -0.598. The van der Waals surface area contributed by atoms with E-state index in [1.54, 1.807) is 0 Å². The van der Waals surface area contributed by atoms with Crippen molar-refractivity contribution in [1.82, 2.24) is 5.32 Å². The normalized spacial score (nSPS) is 25.8. The molecule has 0 saturated heterocycles. The fourth-order valence-electron chi connectivity index (χ4n) is 2.70. The Labute approximate surface area is 111 Å². The maximum absolute atomic E-state index is 13.6. The highest BCUT2D eigenvalue weighted by atomic mass is 19.1. The van der Waals surface area contributed by atoms with Gasteiger partial charge in [-0.15, -0.1) is 0 Å². The molecule has 2 nitrogen and oxygen atoms in total. The first kappa shape index (κ1) is 12.6. The van der Waals surface area contributed by atoms with E-state index in [1.807, 2.05) is 0 Å². The van der Waals surface area contributed by atoms with Gasteiger partial charge in [-0.05, 0) is 54.9 Å². The zero-order valence-electron chi connectivity index (χ0n) is 10.7. The van der Waals surface area contributed by atoms with Crippen LogP contribution in [0.15, 0.2) is 18.2 Å². The molecular weight excluding hydrogens is 248 g/mol. The lowest BCUT2D eigenvalue weighted by Crippen LogP contribution is -2.33. The molecule has 4 heteroatoms. The van der Waals surface area contributed by atoms with E-state index in [1.165, 1.54) is 25.3 Å². The Bertz CT molecular complexity index is 499. The van der Waals surface area contributed by atoms with E-state index in [-0.39, 0.29) is 17.7 Å². The van der Waals surface area contributed by atoms with E-state index in [4.69, 9.17) is 0 Å². The molecule has 0 aromatic heterocycles. The molecule has 3 rings (SSSR count). The summed E-state index contributed by atoms with van der Waals surface area (Å²) in [5, 5.41) is 2.93. The minimum absolute atomic E-state index is 0.0134. The van der Waals surface area contributed by atoms with E-state index >= 15 is 0 Å². The molecule has 1 amide bonds. The summed E-state index contributed by atoms with van der Waals surface area (Å²) in [7, 11) is 0. The highest BCUT2D eigenvalue weighted by Crippen LogP contribution is 2.48. The van der Waals surface area contributed by atoms with E-state index < -0.39 is 11.6 Å². The third kappa shape index (κ3) is 2.62. The Morgan fingerprint density at radius 1 is 1.32 bits per heavy atom. The van der Waals surface area contributed by atoms with Crippen LogP contribution in [0.25, 0.3) is 0 Å². The number of hydrogen-bond acceptors (Lipinski definition) is 1. The topological polar surface area (TPSA) is 29.1 Å². The number of rotatable bonds is 4. The molecule has 0 unspecified atom stereocenters. The predicted octanol–water partition coefficient (Wildman–Crippen LogP) is 2.98. The summed E-state index contributed by atoms with van der Waals surface area (Å²) in [6, 6.07) is 3.44. The van der Waals surface area contributed by atoms with Crippen molar-refractivity contribution in [2.24, 2.45) is 11.8 Å². The van der Waals surface area contributed by atoms with Crippen LogP contribution in [0.3, 0.4) is 0 Å². The first-order valence-electron chi connectivity index (χ1n) is 6.88. The van der Waals surface area contributed by atoms with Crippen molar-refractivity contribution in [3.8, 4) is 0 Å². The van der Waals surface area contributed by atoms with Gasteiger partial charge in [-0.25, -0.2) is 8.78 Å². The van der Waals surface area contributed by atoms with Crippen LogP contribution in [0.5, 0.6) is 0 Å². The molecular formula is C15H17F2NO. The van der Waals surface area contributed by atoms with Crippen LogP contribution in [0.2, 0.25) is 0 Å². The maximum Gasteiger partial charge on any atom is 0.223 e. The van der Waals surface area contributed by atoms with Gasteiger partial charge in [-0.1, -0.05) is 6.42 Å². The highest BCUT2D eigenvalue weighted by Gasteiger charge is 2.45. The van der Waals surface area contributed by atoms with Gasteiger partial charge in [0.15, 0.2) is 0 Å². The van der Waals surface area contributed by atoms with Crippen molar-refractivity contribution >= 4 is 5.91 Å². The zero-order valence-corrected chi connectivity index (χ0v) is 10.7. The van der Waals surface area contributed by atoms with Gasteiger partial charge in [0.1, 0.15) is 11.6 Å². The smallest absolute Gasteiger partial charge is 0.223 e. The van der Waals surface area contributed by atoms with Gasteiger partial charge in [-0.2, -0.15) is 0 Å². The lowest BCUT2D eigenvalue weighted by molar-refractivity contribution is -0.122. The van der Waals surface area contributed by atoms with E-state index in [2.05, 4.69) is 5.32 Å². The molecule has 102 valence electrons. The van der Waals surface area contributed by atoms with Crippen LogP contribution < -0.4 is 5.32 Å². The van der Waals surface area contributed by atoms with Crippen LogP contribution in [0, 0.1) is 23.5 Å². The Morgan fingerprint density at radius 2 is 2.11 bits per heavy atom. The number of halogens is 2. The third-order valence-electron chi connectivity index (χ3n) is 4.27. The predicted molar refractivity (Wildman–Crippen MR) is 67.6 cm³/mol. The second kappa shape index (κ2) is 4.91. The van der Waals surface area contributed by atoms with Crippen molar-refractivity contribution in [2.45, 2.75) is 31.6 Å². The SMILES string of the molecule is O=C(NCC1CCC1)[C@@H]1C[C@H]1c1cc(F)ccc1F. The van der Waals surface area contributed by atoms with E-state index in [9.17, 15) is 13.6 Å². The summed E-state index contributed by atoms with van der Waals surface area (Å²) in [6.07, 6.45) is 4.25. The average molecular weight is 265 g/mol. The van der Waals surface area contributed by atoms with Crippen LogP contribution in [-0.4, -0.2) is 12.5 Å². The number of hydrogen-bond donors (Lipinski definition) is 1. The molecule has 1 N–H and O–H groups in total. The molecule has 0 spiro atoms. The number of amides is 1. The quantitative estimate of drug-likeness (QED) is 0.891. The molecule has 2 atom stereocenters. The second-order valence-electron chi connectivity index (χ2n) is 5.66. The molecule has 0 heterocycles. The fraction of sp³-hybridized carbons (Fsp3) is 0.533. The van der Waals surface area contributed by atoms with Gasteiger partial charge in [0.05, 0.1) is 0 Å². The molecule has 2 saturated carbocycles. The van der Waals surface area contributed by atoms with E-state index in [0.717, 1.165) is 18.7 Å². The van der Waals surface area contributed by atoms with Crippen LogP contribution >= 0.6 is 0 Å². The van der Waals surface area contributed by atoms with Crippen LogP contribution in [-0.2, 0) is 4.79 Å². The summed E-state index contributed by atoms with van der Waals surface area (Å²) in [6.45, 7) is 0.730. The molecule has 2 aliphatic rings. The number of nitrogens with one attached hydrogen (secondary N) is 1. The van der Waals surface area contributed by atoms with Gasteiger partial charge >= 0.3 is 0 Å². The fourth-order valence-corrected chi connectivity index (χ4v) is 2.70. The monoisotopic (exact) mass is 265 g/mol. The van der Waals surface area contributed by atoms with Crippen molar-refractivity contribution in [3.63, 3.8) is 0 Å². The first-order chi connectivity index (χ1) is 9.15. The summed E-state index contributed by atoms with van der Waals surface area (Å²) in [4.78, 5) is 11.9. The van der Waals surface area contributed by atoms with Gasteiger partial charge in [0.2, 0.25) is 5.91 Å². The number of carbonyl (C=O) groups excluding carboxylic acids is 1. The van der Waals surface area contributed by atoms with Crippen molar-refractivity contribution < 1.29 is 13.6 Å². The van der Waals surface area contributed by atoms with Gasteiger partial charge in [0, 0.05) is 12.5 Å². The Balaban J connectivity index is 1.57. The Kier molecular flexibility index (Phi) is 3.25. The van der Waals surface area contributed by atoms with Gasteiger partial charge in [0.25, 0.3) is 0 Å². The highest BCUT2D eigenvalue weighted by molar-refractivity contribution is 5.82. The summed E-state index contributed by atoms with van der Waals surface area (Å²) >= 11 is 0. The number of benzene rings is 1. The molecule has 0 aliphatic heterocycles. The van der Waals surface area contributed by atoms with Gasteiger partial charge in [-0.3, -0.25) is 4.79 Å².